The van der Waals surface area contributed by atoms with E-state index in [0.717, 1.165) is 0 Å². The van der Waals surface area contributed by atoms with Crippen molar-refractivity contribution in [3.05, 3.63) is 243 Å². The zero-order valence-electron chi connectivity index (χ0n) is 35.1. The molecule has 0 heteroatoms. The van der Waals surface area contributed by atoms with Gasteiger partial charge < -0.3 is 0 Å². The van der Waals surface area contributed by atoms with E-state index in [0.29, 0.717) is 0 Å². The SMILES string of the molecule is c1ccc2cc(-c3c4ccccc4c(-c4ccc(-c5ccc6c(-c7ccc8ccccc8c7)c7ccccc7c(-c7ccc8ccccc8c7)c6c5)cc4)c4ccccc34)ccc2c1. The van der Waals surface area contributed by atoms with Gasteiger partial charge in [0.25, 0.3) is 0 Å². The molecular weight excluding hydrogens is 769 g/mol. The molecule has 0 saturated heterocycles. The summed E-state index contributed by atoms with van der Waals surface area (Å²) in [5.74, 6) is 0. The number of fused-ring (bicyclic) bond motifs is 7. The van der Waals surface area contributed by atoms with Crippen molar-refractivity contribution >= 4 is 75.4 Å². The van der Waals surface area contributed by atoms with Crippen molar-refractivity contribution in [2.45, 2.75) is 0 Å². The van der Waals surface area contributed by atoms with Crippen LogP contribution in [-0.4, -0.2) is 0 Å². The molecule has 64 heavy (non-hydrogen) atoms. The van der Waals surface area contributed by atoms with Crippen molar-refractivity contribution in [3.8, 4) is 55.6 Å². The Labute approximate surface area is 371 Å². The van der Waals surface area contributed by atoms with Crippen LogP contribution in [0.2, 0.25) is 0 Å². The van der Waals surface area contributed by atoms with Gasteiger partial charge in [-0.1, -0.05) is 218 Å². The van der Waals surface area contributed by atoms with Crippen LogP contribution >= 0.6 is 0 Å². The monoisotopic (exact) mass is 808 g/mol. The highest BCUT2D eigenvalue weighted by Gasteiger charge is 2.20. The summed E-state index contributed by atoms with van der Waals surface area (Å²) >= 11 is 0. The lowest BCUT2D eigenvalue weighted by Crippen LogP contribution is -1.92. The van der Waals surface area contributed by atoms with Gasteiger partial charge in [0.2, 0.25) is 0 Å². The van der Waals surface area contributed by atoms with Gasteiger partial charge in [-0.15, -0.1) is 0 Å². The number of benzene rings is 13. The predicted octanol–water partition coefficient (Wildman–Crippen LogP) is 18.1. The summed E-state index contributed by atoms with van der Waals surface area (Å²) in [6.07, 6.45) is 0. The molecule has 0 saturated carbocycles. The van der Waals surface area contributed by atoms with Crippen LogP contribution in [0.3, 0.4) is 0 Å². The number of hydrogen-bond acceptors (Lipinski definition) is 0. The third-order valence-electron chi connectivity index (χ3n) is 13.6. The van der Waals surface area contributed by atoms with Crippen LogP contribution in [0.4, 0.5) is 0 Å². The normalized spacial score (nSPS) is 11.8. The third kappa shape index (κ3) is 5.84. The van der Waals surface area contributed by atoms with E-state index in [1.807, 2.05) is 0 Å². The third-order valence-corrected chi connectivity index (χ3v) is 13.6. The summed E-state index contributed by atoms with van der Waals surface area (Å²) in [5.41, 5.74) is 12.4. The van der Waals surface area contributed by atoms with Crippen LogP contribution in [-0.2, 0) is 0 Å². The lowest BCUT2D eigenvalue weighted by Gasteiger charge is -2.20. The molecule has 13 rings (SSSR count). The average Bonchev–Trinajstić information content (AvgIpc) is 3.36. The minimum atomic E-state index is 1.19. The molecule has 0 nitrogen and oxygen atoms in total. The van der Waals surface area contributed by atoms with Crippen molar-refractivity contribution in [2.75, 3.05) is 0 Å². The quantitative estimate of drug-likeness (QED) is 0.152. The van der Waals surface area contributed by atoms with Gasteiger partial charge in [0, 0.05) is 0 Å². The molecule has 0 amide bonds. The topological polar surface area (TPSA) is 0 Å². The fraction of sp³-hybridized carbons (Fsp3) is 0. The highest BCUT2D eigenvalue weighted by atomic mass is 14.2. The van der Waals surface area contributed by atoms with Gasteiger partial charge in [0.1, 0.15) is 0 Å². The Balaban J connectivity index is 1.00. The molecule has 0 aliphatic carbocycles. The van der Waals surface area contributed by atoms with E-state index >= 15 is 0 Å². The molecular formula is C64H40. The molecule has 0 aliphatic rings. The maximum Gasteiger partial charge on any atom is -0.00259 e. The summed E-state index contributed by atoms with van der Waals surface area (Å²) in [5, 5.41) is 17.6. The summed E-state index contributed by atoms with van der Waals surface area (Å²) in [7, 11) is 0. The smallest absolute Gasteiger partial charge is 0.00259 e. The van der Waals surface area contributed by atoms with Crippen LogP contribution in [0, 0.1) is 0 Å². The maximum absolute atomic E-state index is 2.44. The van der Waals surface area contributed by atoms with E-state index in [9.17, 15) is 0 Å². The molecule has 0 aromatic heterocycles. The Kier molecular flexibility index (Phi) is 8.32. The largest absolute Gasteiger partial charge is 0.0616 e. The Hall–Kier alpha value is -8.32. The van der Waals surface area contributed by atoms with Crippen LogP contribution in [0.25, 0.3) is 131 Å². The fourth-order valence-electron chi connectivity index (χ4n) is 10.6. The number of rotatable bonds is 5. The Morgan fingerprint density at radius 3 is 0.797 bits per heavy atom. The summed E-state index contributed by atoms with van der Waals surface area (Å²) in [6.45, 7) is 0. The van der Waals surface area contributed by atoms with Gasteiger partial charge in [-0.25, -0.2) is 0 Å². The second kappa shape index (κ2) is 14.7. The zero-order valence-corrected chi connectivity index (χ0v) is 35.1. The molecule has 13 aromatic rings. The van der Waals surface area contributed by atoms with E-state index in [2.05, 4.69) is 243 Å². The van der Waals surface area contributed by atoms with E-state index in [1.165, 1.54) is 131 Å². The van der Waals surface area contributed by atoms with Crippen LogP contribution in [0.15, 0.2) is 243 Å². The van der Waals surface area contributed by atoms with Gasteiger partial charge in [-0.05, 0) is 155 Å². The molecule has 0 N–H and O–H groups in total. The standard InChI is InChI=1S/C64H40/c1-4-16-46-37-50(32-27-41(46)13-1)62-55-21-9-7-19-53(55)61(54-20-8-10-22-56(54)62)45-30-25-44(26-31-45)49-35-36-59-60(40-49)64(52-34-29-43-15-3-6-18-48(43)39-52)58-24-12-11-23-57(58)63(59)51-33-28-42-14-2-5-17-47(42)38-51/h1-40H. The first-order valence-corrected chi connectivity index (χ1v) is 22.2. The highest BCUT2D eigenvalue weighted by Crippen LogP contribution is 2.47. The first kappa shape index (κ1) is 36.3. The van der Waals surface area contributed by atoms with Gasteiger partial charge in [-0.2, -0.15) is 0 Å². The van der Waals surface area contributed by atoms with Gasteiger partial charge in [-0.3, -0.25) is 0 Å². The lowest BCUT2D eigenvalue weighted by molar-refractivity contribution is 1.62. The number of hydrogen-bond donors (Lipinski definition) is 0. The molecule has 0 spiro atoms. The van der Waals surface area contributed by atoms with E-state index < -0.39 is 0 Å². The first-order valence-electron chi connectivity index (χ1n) is 22.2. The minimum Gasteiger partial charge on any atom is -0.0616 e. The van der Waals surface area contributed by atoms with Crippen molar-refractivity contribution in [2.24, 2.45) is 0 Å². The van der Waals surface area contributed by atoms with Gasteiger partial charge in [0.05, 0.1) is 0 Å². The predicted molar refractivity (Wildman–Crippen MR) is 276 cm³/mol. The molecule has 0 unspecified atom stereocenters. The Morgan fingerprint density at radius 1 is 0.141 bits per heavy atom. The second-order valence-corrected chi connectivity index (χ2v) is 17.2. The molecule has 0 radical (unpaired) electrons. The summed E-state index contributed by atoms with van der Waals surface area (Å²) in [6, 6.07) is 90.0. The molecule has 0 atom stereocenters. The van der Waals surface area contributed by atoms with Gasteiger partial charge in [0.15, 0.2) is 0 Å². The minimum absolute atomic E-state index is 1.19. The van der Waals surface area contributed by atoms with Crippen LogP contribution in [0.1, 0.15) is 0 Å². The zero-order chi connectivity index (χ0) is 42.1. The molecule has 0 fully saturated rings. The summed E-state index contributed by atoms with van der Waals surface area (Å²) < 4.78 is 0. The lowest BCUT2D eigenvalue weighted by atomic mass is 9.84. The van der Waals surface area contributed by atoms with Crippen molar-refractivity contribution in [3.63, 3.8) is 0 Å². The molecule has 296 valence electrons. The first-order chi connectivity index (χ1) is 31.7. The van der Waals surface area contributed by atoms with E-state index in [4.69, 9.17) is 0 Å². The molecule has 0 bridgehead atoms. The van der Waals surface area contributed by atoms with Crippen LogP contribution < -0.4 is 0 Å². The Bertz CT molecular complexity index is 3940. The van der Waals surface area contributed by atoms with Crippen LogP contribution in [0.5, 0.6) is 0 Å². The summed E-state index contributed by atoms with van der Waals surface area (Å²) in [4.78, 5) is 0. The van der Waals surface area contributed by atoms with Gasteiger partial charge >= 0.3 is 0 Å². The highest BCUT2D eigenvalue weighted by molar-refractivity contribution is 6.24. The maximum atomic E-state index is 2.44. The molecule has 13 aromatic carbocycles. The fourth-order valence-corrected chi connectivity index (χ4v) is 10.6. The van der Waals surface area contributed by atoms with E-state index in [1.54, 1.807) is 0 Å². The average molecular weight is 809 g/mol. The van der Waals surface area contributed by atoms with Crippen molar-refractivity contribution in [1.29, 1.82) is 0 Å². The molecule has 0 heterocycles. The van der Waals surface area contributed by atoms with Crippen molar-refractivity contribution < 1.29 is 0 Å². The van der Waals surface area contributed by atoms with E-state index in [-0.39, 0.29) is 0 Å². The van der Waals surface area contributed by atoms with Crippen molar-refractivity contribution in [1.82, 2.24) is 0 Å². The second-order valence-electron chi connectivity index (χ2n) is 17.2. The Morgan fingerprint density at radius 2 is 0.406 bits per heavy atom. The molecule has 0 aliphatic heterocycles.